The zero-order valence-electron chi connectivity index (χ0n) is 14.4. The summed E-state index contributed by atoms with van der Waals surface area (Å²) < 4.78 is 5.89. The molecular formula is C22H16Cl2N2O. The molecule has 1 heterocycles. The van der Waals surface area contributed by atoms with Crippen LogP contribution in [-0.4, -0.2) is 0 Å². The maximum absolute atomic E-state index is 9.68. The number of nitrogens with zero attached hydrogens (tertiary/aromatic N) is 1. The molecule has 1 aliphatic carbocycles. The van der Waals surface area contributed by atoms with Gasteiger partial charge in [0, 0.05) is 10.0 Å². The minimum absolute atomic E-state index is 0.133. The van der Waals surface area contributed by atoms with Crippen LogP contribution in [0.2, 0.25) is 10.0 Å². The summed E-state index contributed by atoms with van der Waals surface area (Å²) in [5.41, 5.74) is 10.4. The van der Waals surface area contributed by atoms with Gasteiger partial charge >= 0.3 is 0 Å². The van der Waals surface area contributed by atoms with Crippen molar-refractivity contribution in [1.29, 1.82) is 5.26 Å². The van der Waals surface area contributed by atoms with Crippen molar-refractivity contribution in [3.8, 4) is 6.07 Å². The Morgan fingerprint density at radius 3 is 2.44 bits per heavy atom. The van der Waals surface area contributed by atoms with Crippen LogP contribution in [0.1, 0.15) is 29.9 Å². The van der Waals surface area contributed by atoms with E-state index in [1.807, 2.05) is 54.6 Å². The van der Waals surface area contributed by atoms with Crippen LogP contribution in [0.5, 0.6) is 0 Å². The molecule has 1 aliphatic heterocycles. The zero-order valence-corrected chi connectivity index (χ0v) is 15.9. The van der Waals surface area contributed by atoms with E-state index in [4.69, 9.17) is 33.7 Å². The fourth-order valence-electron chi connectivity index (χ4n) is 3.68. The Hall–Kier alpha value is -2.67. The number of allylic oxidation sites excluding steroid dienone is 3. The molecule has 5 heteroatoms. The lowest BCUT2D eigenvalue weighted by Gasteiger charge is -2.26. The van der Waals surface area contributed by atoms with Crippen molar-refractivity contribution in [2.45, 2.75) is 18.8 Å². The molecule has 0 amide bonds. The quantitative estimate of drug-likeness (QED) is 0.685. The maximum Gasteiger partial charge on any atom is 0.205 e. The summed E-state index contributed by atoms with van der Waals surface area (Å²) in [7, 11) is 0. The molecule has 2 aliphatic rings. The van der Waals surface area contributed by atoms with Gasteiger partial charge in [0.05, 0.1) is 5.92 Å². The number of rotatable bonds is 2. The van der Waals surface area contributed by atoms with Gasteiger partial charge in [-0.3, -0.25) is 0 Å². The summed E-state index contributed by atoms with van der Waals surface area (Å²) in [6, 6.07) is 17.4. The smallest absolute Gasteiger partial charge is 0.205 e. The number of halogens is 2. The lowest BCUT2D eigenvalue weighted by atomic mass is 9.83. The van der Waals surface area contributed by atoms with Crippen LogP contribution in [0.15, 0.2) is 76.9 Å². The van der Waals surface area contributed by atoms with Crippen LogP contribution in [0.4, 0.5) is 0 Å². The van der Waals surface area contributed by atoms with E-state index in [1.54, 1.807) is 0 Å². The summed E-state index contributed by atoms with van der Waals surface area (Å²) in [5.74, 6) is 0.578. The van der Waals surface area contributed by atoms with Gasteiger partial charge in [0.25, 0.3) is 0 Å². The summed E-state index contributed by atoms with van der Waals surface area (Å²) in [5, 5.41) is 11.0. The van der Waals surface area contributed by atoms with Gasteiger partial charge in [0.2, 0.25) is 5.88 Å². The van der Waals surface area contributed by atoms with Gasteiger partial charge in [-0.05, 0) is 53.3 Å². The standard InChI is InChI=1S/C22H16Cl2N2O/c23-18-7-3-1-5-13(18)11-14-9-10-16-20(15-6-2-4-8-19(15)24)17(12-25)22(26)27-21(14)16/h1-8,11,20H,9-10,26H2. The number of nitriles is 1. The Balaban J connectivity index is 1.84. The second-order valence-electron chi connectivity index (χ2n) is 6.49. The summed E-state index contributed by atoms with van der Waals surface area (Å²) in [6.45, 7) is 0. The van der Waals surface area contributed by atoms with Gasteiger partial charge in [-0.2, -0.15) is 5.26 Å². The van der Waals surface area contributed by atoms with Crippen molar-refractivity contribution < 1.29 is 4.74 Å². The summed E-state index contributed by atoms with van der Waals surface area (Å²) >= 11 is 12.7. The number of hydrogen-bond acceptors (Lipinski definition) is 3. The highest BCUT2D eigenvalue weighted by Crippen LogP contribution is 2.49. The van der Waals surface area contributed by atoms with Crippen molar-refractivity contribution in [2.24, 2.45) is 5.73 Å². The Kier molecular flexibility index (Phi) is 4.70. The van der Waals surface area contributed by atoms with Crippen LogP contribution in [0.3, 0.4) is 0 Å². The Morgan fingerprint density at radius 1 is 1.04 bits per heavy atom. The number of nitrogens with two attached hydrogens (primary N) is 1. The van der Waals surface area contributed by atoms with E-state index >= 15 is 0 Å². The fraction of sp³-hybridized carbons (Fsp3) is 0.136. The molecular weight excluding hydrogens is 379 g/mol. The van der Waals surface area contributed by atoms with E-state index < -0.39 is 0 Å². The van der Waals surface area contributed by atoms with Crippen LogP contribution in [0, 0.1) is 11.3 Å². The Morgan fingerprint density at radius 2 is 1.74 bits per heavy atom. The van der Waals surface area contributed by atoms with Crippen molar-refractivity contribution in [3.05, 3.63) is 98.1 Å². The van der Waals surface area contributed by atoms with Crippen LogP contribution < -0.4 is 5.73 Å². The lowest BCUT2D eigenvalue weighted by Crippen LogP contribution is -2.19. The van der Waals surface area contributed by atoms with E-state index in [0.29, 0.717) is 15.6 Å². The average molecular weight is 395 g/mol. The molecule has 2 aromatic carbocycles. The first kappa shape index (κ1) is 17.7. The molecule has 2 aromatic rings. The van der Waals surface area contributed by atoms with E-state index in [-0.39, 0.29) is 11.8 Å². The SMILES string of the molecule is N#CC1=C(N)OC2=C(CCC2=Cc2ccccc2Cl)C1c1ccccc1Cl. The first-order valence-electron chi connectivity index (χ1n) is 8.60. The molecule has 4 rings (SSSR count). The Bertz CT molecular complexity index is 1060. The van der Waals surface area contributed by atoms with Gasteiger partial charge in [-0.1, -0.05) is 59.6 Å². The number of ether oxygens (including phenoxy) is 1. The molecule has 0 saturated heterocycles. The van der Waals surface area contributed by atoms with Gasteiger partial charge in [0.15, 0.2) is 0 Å². The van der Waals surface area contributed by atoms with Crippen molar-refractivity contribution in [2.75, 3.05) is 0 Å². The first-order valence-corrected chi connectivity index (χ1v) is 9.36. The first-order chi connectivity index (χ1) is 13.1. The van der Waals surface area contributed by atoms with E-state index in [1.165, 1.54) is 0 Å². The molecule has 0 radical (unpaired) electrons. The largest absolute Gasteiger partial charge is 0.440 e. The Labute approximate surface area is 168 Å². The van der Waals surface area contributed by atoms with Gasteiger partial charge in [-0.25, -0.2) is 0 Å². The molecule has 2 N–H and O–H groups in total. The highest BCUT2D eigenvalue weighted by atomic mass is 35.5. The van der Waals surface area contributed by atoms with E-state index in [2.05, 4.69) is 6.07 Å². The molecule has 0 fully saturated rings. The van der Waals surface area contributed by atoms with E-state index in [0.717, 1.165) is 40.9 Å². The van der Waals surface area contributed by atoms with Gasteiger partial charge in [0.1, 0.15) is 17.4 Å². The second-order valence-corrected chi connectivity index (χ2v) is 7.31. The third-order valence-corrected chi connectivity index (χ3v) is 5.62. The predicted molar refractivity (Wildman–Crippen MR) is 108 cm³/mol. The molecule has 0 saturated carbocycles. The second kappa shape index (κ2) is 7.15. The number of benzene rings is 2. The maximum atomic E-state index is 9.68. The molecule has 3 nitrogen and oxygen atoms in total. The topological polar surface area (TPSA) is 59.0 Å². The zero-order chi connectivity index (χ0) is 19.0. The van der Waals surface area contributed by atoms with Crippen molar-refractivity contribution in [1.82, 2.24) is 0 Å². The third kappa shape index (κ3) is 3.12. The monoisotopic (exact) mass is 394 g/mol. The van der Waals surface area contributed by atoms with Gasteiger partial charge in [-0.15, -0.1) is 0 Å². The van der Waals surface area contributed by atoms with Crippen LogP contribution in [-0.2, 0) is 4.74 Å². The highest BCUT2D eigenvalue weighted by molar-refractivity contribution is 6.32. The normalized spacial score (nSPS) is 20.5. The van der Waals surface area contributed by atoms with Crippen LogP contribution in [0.25, 0.3) is 6.08 Å². The van der Waals surface area contributed by atoms with Crippen molar-refractivity contribution >= 4 is 29.3 Å². The molecule has 0 bridgehead atoms. The fourth-order valence-corrected chi connectivity index (χ4v) is 4.12. The summed E-state index contributed by atoms with van der Waals surface area (Å²) in [6.07, 6.45) is 3.60. The summed E-state index contributed by atoms with van der Waals surface area (Å²) in [4.78, 5) is 0. The molecule has 27 heavy (non-hydrogen) atoms. The highest BCUT2D eigenvalue weighted by Gasteiger charge is 2.37. The molecule has 134 valence electrons. The minimum atomic E-state index is -0.287. The molecule has 1 atom stereocenters. The predicted octanol–water partition coefficient (Wildman–Crippen LogP) is 5.93. The molecule has 0 spiro atoms. The minimum Gasteiger partial charge on any atom is -0.440 e. The lowest BCUT2D eigenvalue weighted by molar-refractivity contribution is 0.292. The van der Waals surface area contributed by atoms with Gasteiger partial charge < -0.3 is 10.5 Å². The molecule has 0 aromatic heterocycles. The van der Waals surface area contributed by atoms with Crippen molar-refractivity contribution in [3.63, 3.8) is 0 Å². The molecule has 1 unspecified atom stereocenters. The van der Waals surface area contributed by atoms with Crippen LogP contribution >= 0.6 is 23.2 Å². The number of hydrogen-bond donors (Lipinski definition) is 1. The van der Waals surface area contributed by atoms with E-state index in [9.17, 15) is 5.26 Å². The third-order valence-electron chi connectivity index (χ3n) is 4.93. The average Bonchev–Trinajstić information content (AvgIpc) is 3.05.